The smallest absolute Gasteiger partial charge is 0.280 e. The molecule has 0 aliphatic carbocycles. The number of hydrogen-bond donors (Lipinski definition) is 0. The van der Waals surface area contributed by atoms with Crippen LogP contribution in [0.4, 0.5) is 10.1 Å². The minimum atomic E-state index is -0.328. The number of halogens is 1. The first kappa shape index (κ1) is 16.0. The molecule has 0 atom stereocenters. The van der Waals surface area contributed by atoms with Gasteiger partial charge in [0.15, 0.2) is 0 Å². The lowest BCUT2D eigenvalue weighted by atomic mass is 10.1. The molecule has 3 aromatic rings. The molecule has 1 aliphatic heterocycles. The predicted molar refractivity (Wildman–Crippen MR) is 99.1 cm³/mol. The van der Waals surface area contributed by atoms with Crippen LogP contribution >= 0.6 is 0 Å². The summed E-state index contributed by atoms with van der Waals surface area (Å²) in [6.45, 7) is 1.78. The zero-order chi connectivity index (χ0) is 18.1. The molecular formula is C21H15FN2O2. The van der Waals surface area contributed by atoms with Gasteiger partial charge in [-0.1, -0.05) is 30.3 Å². The van der Waals surface area contributed by atoms with Gasteiger partial charge in [0.25, 0.3) is 5.91 Å². The van der Waals surface area contributed by atoms with Gasteiger partial charge in [0.2, 0.25) is 0 Å². The molecule has 4 nitrogen and oxygen atoms in total. The van der Waals surface area contributed by atoms with Crippen LogP contribution in [0, 0.1) is 5.82 Å². The van der Waals surface area contributed by atoms with Gasteiger partial charge < -0.3 is 4.42 Å². The van der Waals surface area contributed by atoms with Crippen molar-refractivity contribution in [3.05, 3.63) is 83.9 Å². The van der Waals surface area contributed by atoms with Gasteiger partial charge >= 0.3 is 0 Å². The number of para-hydroxylation sites is 1. The molecule has 0 bridgehead atoms. The highest BCUT2D eigenvalue weighted by molar-refractivity contribution is 6.32. The van der Waals surface area contributed by atoms with Crippen molar-refractivity contribution in [3.63, 3.8) is 0 Å². The van der Waals surface area contributed by atoms with Gasteiger partial charge in [0.1, 0.15) is 17.3 Å². The maximum atomic E-state index is 13.4. The number of carbonyl (C=O) groups excluding carboxylic acids is 1. The molecule has 1 aliphatic rings. The summed E-state index contributed by atoms with van der Waals surface area (Å²) in [5, 5.41) is 5.71. The number of hydrazone groups is 1. The third-order valence-corrected chi connectivity index (χ3v) is 4.09. The van der Waals surface area contributed by atoms with E-state index in [1.165, 1.54) is 17.1 Å². The molecule has 0 N–H and O–H groups in total. The van der Waals surface area contributed by atoms with E-state index in [4.69, 9.17) is 4.42 Å². The largest absolute Gasteiger partial charge is 0.457 e. The third kappa shape index (κ3) is 2.95. The Morgan fingerprint density at radius 2 is 1.85 bits per heavy atom. The van der Waals surface area contributed by atoms with Crippen LogP contribution in [0.2, 0.25) is 0 Å². The summed E-state index contributed by atoms with van der Waals surface area (Å²) in [5.74, 6) is 0.511. The number of rotatable bonds is 3. The Labute approximate surface area is 149 Å². The topological polar surface area (TPSA) is 45.8 Å². The van der Waals surface area contributed by atoms with Crippen LogP contribution in [0.15, 0.2) is 81.8 Å². The fourth-order valence-corrected chi connectivity index (χ4v) is 2.80. The van der Waals surface area contributed by atoms with E-state index >= 15 is 0 Å². The zero-order valence-electron chi connectivity index (χ0n) is 14.0. The van der Waals surface area contributed by atoms with Gasteiger partial charge in [0, 0.05) is 5.56 Å². The molecule has 0 spiro atoms. The fraction of sp³-hybridized carbons (Fsp3) is 0.0476. The average molecular weight is 346 g/mol. The lowest BCUT2D eigenvalue weighted by molar-refractivity contribution is -0.114. The van der Waals surface area contributed by atoms with Crippen LogP contribution in [-0.2, 0) is 4.79 Å². The minimum Gasteiger partial charge on any atom is -0.457 e. The Bertz CT molecular complexity index is 1030. The molecule has 0 unspecified atom stereocenters. The SMILES string of the molecule is CC1=NN(c2ccccc2)C(=O)/C1=C/c1ccc(-c2cccc(F)c2)o1. The summed E-state index contributed by atoms with van der Waals surface area (Å²) in [6, 6.07) is 18.9. The van der Waals surface area contributed by atoms with E-state index in [0.29, 0.717) is 34.1 Å². The molecule has 1 aromatic heterocycles. The van der Waals surface area contributed by atoms with Gasteiger partial charge in [-0.3, -0.25) is 4.79 Å². The standard InChI is InChI=1S/C21H15FN2O2/c1-14-19(21(25)24(23-14)17-8-3-2-4-9-17)13-18-10-11-20(26-18)15-6-5-7-16(22)12-15/h2-13H,1H3/b19-13+. The first-order valence-corrected chi connectivity index (χ1v) is 8.14. The van der Waals surface area contributed by atoms with E-state index in [2.05, 4.69) is 5.10 Å². The van der Waals surface area contributed by atoms with Crippen molar-refractivity contribution in [2.45, 2.75) is 6.92 Å². The summed E-state index contributed by atoms with van der Waals surface area (Å²) in [4.78, 5) is 12.7. The highest BCUT2D eigenvalue weighted by Gasteiger charge is 2.28. The molecule has 2 aromatic carbocycles. The van der Waals surface area contributed by atoms with Crippen LogP contribution < -0.4 is 5.01 Å². The first-order valence-electron chi connectivity index (χ1n) is 8.14. The van der Waals surface area contributed by atoms with Gasteiger partial charge in [-0.05, 0) is 49.4 Å². The van der Waals surface area contributed by atoms with Crippen molar-refractivity contribution in [1.29, 1.82) is 0 Å². The lowest BCUT2D eigenvalue weighted by Crippen LogP contribution is -2.21. The van der Waals surface area contributed by atoms with Crippen molar-refractivity contribution in [2.24, 2.45) is 5.10 Å². The second-order valence-electron chi connectivity index (χ2n) is 5.91. The third-order valence-electron chi connectivity index (χ3n) is 4.09. The maximum Gasteiger partial charge on any atom is 0.280 e. The molecular weight excluding hydrogens is 331 g/mol. The van der Waals surface area contributed by atoms with E-state index in [0.717, 1.165) is 0 Å². The van der Waals surface area contributed by atoms with Crippen molar-refractivity contribution >= 4 is 23.4 Å². The summed E-state index contributed by atoms with van der Waals surface area (Å²) in [5.41, 5.74) is 2.43. The second kappa shape index (κ2) is 6.44. The van der Waals surface area contributed by atoms with Gasteiger partial charge in [-0.15, -0.1) is 0 Å². The average Bonchev–Trinajstić information content (AvgIpc) is 3.23. The quantitative estimate of drug-likeness (QED) is 0.634. The summed E-state index contributed by atoms with van der Waals surface area (Å²) in [6.07, 6.45) is 1.66. The number of carbonyl (C=O) groups is 1. The maximum absolute atomic E-state index is 13.4. The van der Waals surface area contributed by atoms with E-state index in [1.807, 2.05) is 30.3 Å². The number of anilines is 1. The van der Waals surface area contributed by atoms with Gasteiger partial charge in [0.05, 0.1) is 17.0 Å². The fourth-order valence-electron chi connectivity index (χ4n) is 2.80. The number of hydrogen-bond acceptors (Lipinski definition) is 3. The van der Waals surface area contributed by atoms with Crippen LogP contribution in [0.5, 0.6) is 0 Å². The molecule has 0 radical (unpaired) electrons. The van der Waals surface area contributed by atoms with E-state index in [-0.39, 0.29) is 11.7 Å². The normalized spacial score (nSPS) is 15.6. The minimum absolute atomic E-state index is 0.211. The van der Waals surface area contributed by atoms with Crippen LogP contribution in [0.25, 0.3) is 17.4 Å². The Kier molecular flexibility index (Phi) is 3.97. The van der Waals surface area contributed by atoms with E-state index < -0.39 is 0 Å². The molecule has 1 amide bonds. The Balaban J connectivity index is 1.63. The van der Waals surface area contributed by atoms with Crippen LogP contribution in [0.1, 0.15) is 12.7 Å². The lowest BCUT2D eigenvalue weighted by Gasteiger charge is -2.10. The molecule has 128 valence electrons. The Morgan fingerprint density at radius 1 is 1.04 bits per heavy atom. The highest BCUT2D eigenvalue weighted by atomic mass is 19.1. The molecule has 4 rings (SSSR count). The second-order valence-corrected chi connectivity index (χ2v) is 5.91. The van der Waals surface area contributed by atoms with Crippen molar-refractivity contribution in [2.75, 3.05) is 5.01 Å². The van der Waals surface area contributed by atoms with Crippen molar-refractivity contribution in [1.82, 2.24) is 0 Å². The molecule has 0 saturated carbocycles. The first-order chi connectivity index (χ1) is 12.6. The Morgan fingerprint density at radius 3 is 2.62 bits per heavy atom. The molecule has 0 fully saturated rings. The van der Waals surface area contributed by atoms with Crippen molar-refractivity contribution < 1.29 is 13.6 Å². The monoisotopic (exact) mass is 346 g/mol. The zero-order valence-corrected chi connectivity index (χ0v) is 14.0. The molecule has 2 heterocycles. The van der Waals surface area contributed by atoms with Crippen LogP contribution in [0.3, 0.4) is 0 Å². The number of nitrogens with zero attached hydrogens (tertiary/aromatic N) is 2. The van der Waals surface area contributed by atoms with E-state index in [1.54, 1.807) is 37.3 Å². The highest BCUT2D eigenvalue weighted by Crippen LogP contribution is 2.27. The summed E-state index contributed by atoms with van der Waals surface area (Å²) < 4.78 is 19.1. The predicted octanol–water partition coefficient (Wildman–Crippen LogP) is 4.89. The molecule has 0 saturated heterocycles. The summed E-state index contributed by atoms with van der Waals surface area (Å²) in [7, 11) is 0. The van der Waals surface area contributed by atoms with Crippen molar-refractivity contribution in [3.8, 4) is 11.3 Å². The van der Waals surface area contributed by atoms with E-state index in [9.17, 15) is 9.18 Å². The number of benzene rings is 2. The molecule has 5 heteroatoms. The Hall–Kier alpha value is -3.47. The summed E-state index contributed by atoms with van der Waals surface area (Å²) >= 11 is 0. The number of amides is 1. The van der Waals surface area contributed by atoms with Gasteiger partial charge in [-0.25, -0.2) is 4.39 Å². The molecule has 26 heavy (non-hydrogen) atoms. The van der Waals surface area contributed by atoms with Gasteiger partial charge in [-0.2, -0.15) is 10.1 Å². The van der Waals surface area contributed by atoms with Crippen LogP contribution in [-0.4, -0.2) is 11.6 Å². The number of furan rings is 1.